The molecular weight excluding hydrogens is 743 g/mol. The minimum atomic E-state index is -0.475. The van der Waals surface area contributed by atoms with Gasteiger partial charge in [-0.2, -0.15) is 0 Å². The van der Waals surface area contributed by atoms with Crippen molar-refractivity contribution in [3.8, 4) is 44.9 Å². The molecule has 2 heterocycles. The number of para-hydroxylation sites is 1. The van der Waals surface area contributed by atoms with Crippen molar-refractivity contribution in [2.75, 3.05) is 4.90 Å². The van der Waals surface area contributed by atoms with E-state index in [-0.39, 0.29) is 0 Å². The Hall–Kier alpha value is -8.08. The van der Waals surface area contributed by atoms with Crippen molar-refractivity contribution in [3.63, 3.8) is 0 Å². The Morgan fingerprint density at radius 1 is 0.393 bits per heavy atom. The normalized spacial score (nSPS) is 13.0. The molecule has 2 aliphatic rings. The summed E-state index contributed by atoms with van der Waals surface area (Å²) in [6, 6.07) is 76.2. The largest absolute Gasteiger partial charge is 0.456 e. The summed E-state index contributed by atoms with van der Waals surface area (Å²) in [6.45, 7) is 0. The van der Waals surface area contributed by atoms with Crippen LogP contribution >= 0.6 is 0 Å². The number of hydrogen-bond donors (Lipinski definition) is 0. The number of furan rings is 1. The molecule has 11 aromatic rings. The van der Waals surface area contributed by atoms with Crippen LogP contribution in [0.4, 0.5) is 17.1 Å². The molecule has 0 amide bonds. The van der Waals surface area contributed by atoms with E-state index in [4.69, 9.17) is 14.4 Å². The minimum Gasteiger partial charge on any atom is -0.456 e. The van der Waals surface area contributed by atoms with Crippen molar-refractivity contribution < 1.29 is 4.42 Å². The lowest BCUT2D eigenvalue weighted by atomic mass is 9.70. The van der Waals surface area contributed by atoms with Crippen molar-refractivity contribution in [1.82, 2.24) is 9.97 Å². The fourth-order valence-electron chi connectivity index (χ4n) is 10.4. The highest BCUT2D eigenvalue weighted by atomic mass is 16.3. The number of fused-ring (bicyclic) bond motifs is 14. The van der Waals surface area contributed by atoms with Gasteiger partial charge in [0, 0.05) is 44.2 Å². The van der Waals surface area contributed by atoms with E-state index in [9.17, 15) is 0 Å². The second-order valence-electron chi connectivity index (χ2n) is 16.0. The Kier molecular flexibility index (Phi) is 7.19. The molecule has 4 heteroatoms. The van der Waals surface area contributed by atoms with Gasteiger partial charge in [-0.25, -0.2) is 9.97 Å². The van der Waals surface area contributed by atoms with Gasteiger partial charge in [0.25, 0.3) is 0 Å². The number of anilines is 3. The van der Waals surface area contributed by atoms with E-state index in [0.717, 1.165) is 66.7 Å². The Morgan fingerprint density at radius 2 is 0.951 bits per heavy atom. The van der Waals surface area contributed by atoms with Crippen LogP contribution in [0.2, 0.25) is 0 Å². The number of rotatable bonds is 5. The predicted molar refractivity (Wildman–Crippen MR) is 249 cm³/mol. The third-order valence-electron chi connectivity index (χ3n) is 12.9. The third-order valence-corrected chi connectivity index (χ3v) is 12.9. The van der Waals surface area contributed by atoms with E-state index in [1.807, 2.05) is 30.3 Å². The van der Waals surface area contributed by atoms with E-state index in [2.05, 4.69) is 187 Å². The van der Waals surface area contributed by atoms with Crippen molar-refractivity contribution >= 4 is 49.9 Å². The predicted octanol–water partition coefficient (Wildman–Crippen LogP) is 14.7. The van der Waals surface area contributed by atoms with Crippen molar-refractivity contribution in [2.45, 2.75) is 5.41 Å². The molecule has 61 heavy (non-hydrogen) atoms. The maximum atomic E-state index is 6.38. The molecule has 0 bridgehead atoms. The maximum Gasteiger partial charge on any atom is 0.160 e. The van der Waals surface area contributed by atoms with Gasteiger partial charge in [-0.05, 0) is 87.5 Å². The molecule has 0 aliphatic heterocycles. The maximum absolute atomic E-state index is 6.38. The van der Waals surface area contributed by atoms with Crippen LogP contribution in [0.15, 0.2) is 217 Å². The summed E-state index contributed by atoms with van der Waals surface area (Å²) >= 11 is 0. The lowest BCUT2D eigenvalue weighted by molar-refractivity contribution is 0.669. The zero-order chi connectivity index (χ0) is 40.1. The van der Waals surface area contributed by atoms with Crippen LogP contribution < -0.4 is 4.90 Å². The fraction of sp³-hybridized carbons (Fsp3) is 0.0175. The van der Waals surface area contributed by atoms with E-state index in [1.165, 1.54) is 44.5 Å². The summed E-state index contributed by atoms with van der Waals surface area (Å²) in [4.78, 5) is 12.9. The molecule has 2 aromatic heterocycles. The van der Waals surface area contributed by atoms with Crippen LogP contribution in [0, 0.1) is 0 Å². The lowest BCUT2D eigenvalue weighted by Crippen LogP contribution is -2.26. The van der Waals surface area contributed by atoms with Gasteiger partial charge in [0.15, 0.2) is 5.82 Å². The van der Waals surface area contributed by atoms with Crippen LogP contribution in [0.5, 0.6) is 0 Å². The van der Waals surface area contributed by atoms with Gasteiger partial charge in [-0.1, -0.05) is 164 Å². The highest BCUT2D eigenvalue weighted by Crippen LogP contribution is 2.64. The zero-order valence-electron chi connectivity index (χ0n) is 33.0. The van der Waals surface area contributed by atoms with E-state index in [0.29, 0.717) is 5.82 Å². The molecule has 4 nitrogen and oxygen atoms in total. The summed E-state index contributed by atoms with van der Waals surface area (Å²) < 4.78 is 6.38. The summed E-state index contributed by atoms with van der Waals surface area (Å²) in [6.07, 6.45) is 0. The first-order valence-electron chi connectivity index (χ1n) is 20.8. The smallest absolute Gasteiger partial charge is 0.160 e. The fourth-order valence-corrected chi connectivity index (χ4v) is 10.4. The average molecular weight is 778 g/mol. The number of nitrogens with zero attached hydrogens (tertiary/aromatic N) is 3. The van der Waals surface area contributed by atoms with Gasteiger partial charge in [0.1, 0.15) is 11.2 Å². The molecule has 0 fully saturated rings. The molecule has 0 unspecified atom stereocenters. The number of aromatic nitrogens is 2. The van der Waals surface area contributed by atoms with Gasteiger partial charge in [-0.15, -0.1) is 0 Å². The number of benzene rings is 9. The highest BCUT2D eigenvalue weighted by molar-refractivity contribution is 6.08. The Labute approximate surface area is 352 Å². The molecule has 0 N–H and O–H groups in total. The molecule has 2 aliphatic carbocycles. The second-order valence-corrected chi connectivity index (χ2v) is 16.0. The highest BCUT2D eigenvalue weighted by Gasteiger charge is 2.52. The Balaban J connectivity index is 1.11. The van der Waals surface area contributed by atoms with Crippen molar-refractivity contribution in [2.24, 2.45) is 0 Å². The quantitative estimate of drug-likeness (QED) is 0.175. The molecule has 9 aromatic carbocycles. The van der Waals surface area contributed by atoms with Crippen LogP contribution in [-0.4, -0.2) is 9.97 Å². The van der Waals surface area contributed by atoms with E-state index < -0.39 is 5.41 Å². The molecule has 0 saturated heterocycles. The summed E-state index contributed by atoms with van der Waals surface area (Å²) in [7, 11) is 0. The van der Waals surface area contributed by atoms with Crippen molar-refractivity contribution in [3.05, 3.63) is 235 Å². The first kappa shape index (κ1) is 33.8. The standard InChI is InChI=1S/C57H35N3O/c1-3-16-36(17-4-1)55-45-35-38(30-32-50(45)58-56(59-55)37-18-5-2-6-19-37)60(39-31-33-53-44(34-39)42-22-10-14-29-52(42)61-53)51-28-15-27-49-54(51)43-23-9-13-26-48(43)57(49)46-24-11-7-20-40(46)41-21-8-12-25-47(41)57/h1-35H. The molecule has 284 valence electrons. The van der Waals surface area contributed by atoms with E-state index >= 15 is 0 Å². The summed E-state index contributed by atoms with van der Waals surface area (Å²) in [5.74, 6) is 0.703. The lowest BCUT2D eigenvalue weighted by Gasteiger charge is -2.32. The van der Waals surface area contributed by atoms with Gasteiger partial charge in [0.2, 0.25) is 0 Å². The van der Waals surface area contributed by atoms with E-state index in [1.54, 1.807) is 0 Å². The zero-order valence-corrected chi connectivity index (χ0v) is 33.0. The van der Waals surface area contributed by atoms with Gasteiger partial charge in [-0.3, -0.25) is 0 Å². The number of hydrogen-bond acceptors (Lipinski definition) is 4. The van der Waals surface area contributed by atoms with Gasteiger partial charge in [0.05, 0.1) is 22.3 Å². The summed E-state index contributed by atoms with van der Waals surface area (Å²) in [5, 5.41) is 3.14. The third kappa shape index (κ3) is 4.82. The van der Waals surface area contributed by atoms with Crippen LogP contribution in [0.25, 0.3) is 77.7 Å². The van der Waals surface area contributed by atoms with Crippen LogP contribution in [-0.2, 0) is 5.41 Å². The SMILES string of the molecule is c1ccc(-c2nc(-c3ccccc3)c3cc(N(c4ccc5oc6ccccc6c5c4)c4cccc5c4-c4ccccc4C54c5ccccc5-c5ccccc54)ccc3n2)cc1. The topological polar surface area (TPSA) is 42.2 Å². The Morgan fingerprint density at radius 3 is 1.69 bits per heavy atom. The Bertz CT molecular complexity index is 3510. The first-order chi connectivity index (χ1) is 30.3. The molecule has 13 rings (SSSR count). The molecular formula is C57H35N3O. The monoisotopic (exact) mass is 777 g/mol. The molecule has 0 radical (unpaired) electrons. The molecule has 1 spiro atoms. The van der Waals surface area contributed by atoms with Crippen LogP contribution in [0.1, 0.15) is 22.3 Å². The van der Waals surface area contributed by atoms with Gasteiger partial charge >= 0.3 is 0 Å². The summed E-state index contributed by atoms with van der Waals surface area (Å²) in [5.41, 5.74) is 18.5. The van der Waals surface area contributed by atoms with Crippen LogP contribution in [0.3, 0.4) is 0 Å². The molecule has 0 atom stereocenters. The second kappa shape index (κ2) is 13.0. The first-order valence-corrected chi connectivity index (χ1v) is 20.8. The van der Waals surface area contributed by atoms with Gasteiger partial charge < -0.3 is 9.32 Å². The van der Waals surface area contributed by atoms with Crippen molar-refractivity contribution in [1.29, 1.82) is 0 Å². The molecule has 0 saturated carbocycles. The minimum absolute atomic E-state index is 0.475. The average Bonchev–Trinajstić information content (AvgIpc) is 3.96.